The first-order valence-electron chi connectivity index (χ1n) is 9.49. The molecule has 0 saturated carbocycles. The van der Waals surface area contributed by atoms with Crippen molar-refractivity contribution in [1.29, 1.82) is 0 Å². The molecule has 0 radical (unpaired) electrons. The van der Waals surface area contributed by atoms with E-state index < -0.39 is 0 Å². The van der Waals surface area contributed by atoms with Crippen molar-refractivity contribution < 1.29 is 14.3 Å². The highest BCUT2D eigenvalue weighted by Gasteiger charge is 2.33. The number of ether oxygens (including phenoxy) is 1. The maximum absolute atomic E-state index is 13.0. The smallest absolute Gasteiger partial charge is 0.242 e. The molecule has 0 unspecified atom stereocenters. The van der Waals surface area contributed by atoms with Crippen molar-refractivity contribution in [3.05, 3.63) is 51.2 Å². The van der Waals surface area contributed by atoms with Gasteiger partial charge in [0, 0.05) is 29.9 Å². The molecule has 0 fully saturated rings. The molecule has 1 aliphatic rings. The number of fused-ring (bicyclic) bond motifs is 1. The molecule has 150 valence electrons. The maximum atomic E-state index is 13.0. The number of hydrogen-bond donors (Lipinski definition) is 0. The molecule has 0 N–H and O–H groups in total. The number of amides is 2. The second-order valence-electron chi connectivity index (χ2n) is 6.86. The Labute approximate surface area is 174 Å². The summed E-state index contributed by atoms with van der Waals surface area (Å²) >= 11 is 7.66. The molecule has 1 aromatic heterocycles. The molecule has 2 amide bonds. The van der Waals surface area contributed by atoms with E-state index in [9.17, 15) is 9.59 Å². The molecule has 0 spiro atoms. The lowest BCUT2D eigenvalue weighted by molar-refractivity contribution is -0.141. The molecule has 0 bridgehead atoms. The molecule has 0 saturated heterocycles. The van der Waals surface area contributed by atoms with Gasteiger partial charge in [0.15, 0.2) is 0 Å². The van der Waals surface area contributed by atoms with Crippen LogP contribution < -0.4 is 4.74 Å². The highest BCUT2D eigenvalue weighted by Crippen LogP contribution is 2.34. The number of rotatable bonds is 7. The molecule has 0 aliphatic carbocycles. The second kappa shape index (κ2) is 9.43. The summed E-state index contributed by atoms with van der Waals surface area (Å²) in [7, 11) is 0. The Morgan fingerprint density at radius 2 is 2.04 bits per heavy atom. The third-order valence-electron chi connectivity index (χ3n) is 4.90. The van der Waals surface area contributed by atoms with Gasteiger partial charge in [-0.15, -0.1) is 11.3 Å². The first-order chi connectivity index (χ1) is 13.5. The van der Waals surface area contributed by atoms with Crippen molar-refractivity contribution >= 4 is 34.8 Å². The number of benzene rings is 1. The Kier molecular flexibility index (Phi) is 6.97. The predicted molar refractivity (Wildman–Crippen MR) is 112 cm³/mol. The number of carbonyl (C=O) groups is 2. The normalized spacial score (nSPS) is 15.8. The standard InChI is InChI=1S/C21H25ClN2O3S/c1-3-10-23(15(2)25)13-21(26)24-11-8-20-18(9-12-28-20)19(24)14-27-17-6-4-16(22)5-7-17/h4-7,9,12,19H,3,8,10-11,13-14H2,1-2H3/t19-/m0/s1. The summed E-state index contributed by atoms with van der Waals surface area (Å²) < 4.78 is 5.98. The summed E-state index contributed by atoms with van der Waals surface area (Å²) in [4.78, 5) is 29.7. The molecule has 28 heavy (non-hydrogen) atoms. The molecule has 1 aliphatic heterocycles. The Hall–Kier alpha value is -2.05. The Balaban J connectivity index is 1.75. The highest BCUT2D eigenvalue weighted by molar-refractivity contribution is 7.10. The van der Waals surface area contributed by atoms with Crippen LogP contribution in [0.15, 0.2) is 35.7 Å². The summed E-state index contributed by atoms with van der Waals surface area (Å²) in [6.07, 6.45) is 1.66. The van der Waals surface area contributed by atoms with Gasteiger partial charge < -0.3 is 14.5 Å². The van der Waals surface area contributed by atoms with Crippen LogP contribution in [0.1, 0.15) is 36.8 Å². The lowest BCUT2D eigenvalue weighted by Crippen LogP contribution is -2.47. The van der Waals surface area contributed by atoms with Crippen LogP contribution in [0.4, 0.5) is 0 Å². The predicted octanol–water partition coefficient (Wildman–Crippen LogP) is 4.16. The van der Waals surface area contributed by atoms with Gasteiger partial charge in [-0.3, -0.25) is 9.59 Å². The third-order valence-corrected chi connectivity index (χ3v) is 6.15. The molecule has 1 atom stereocenters. The number of thiophene rings is 1. The molecule has 7 heteroatoms. The molecule has 5 nitrogen and oxygen atoms in total. The van der Waals surface area contributed by atoms with Crippen LogP contribution in [-0.2, 0) is 16.0 Å². The first-order valence-corrected chi connectivity index (χ1v) is 10.7. The SMILES string of the molecule is CCCN(CC(=O)N1CCc2sccc2[C@@H]1COc1ccc(Cl)cc1)C(C)=O. The number of nitrogens with zero attached hydrogens (tertiary/aromatic N) is 2. The zero-order valence-electron chi connectivity index (χ0n) is 16.2. The number of carbonyl (C=O) groups excluding carboxylic acids is 2. The lowest BCUT2D eigenvalue weighted by Gasteiger charge is -2.37. The minimum Gasteiger partial charge on any atom is -0.491 e. The van der Waals surface area contributed by atoms with Gasteiger partial charge in [0.25, 0.3) is 0 Å². The maximum Gasteiger partial charge on any atom is 0.242 e. The average molecular weight is 421 g/mol. The van der Waals surface area contributed by atoms with Crippen LogP contribution in [-0.4, -0.2) is 47.9 Å². The average Bonchev–Trinajstić information content (AvgIpc) is 3.15. The van der Waals surface area contributed by atoms with E-state index in [1.54, 1.807) is 28.4 Å². The van der Waals surface area contributed by atoms with Crippen molar-refractivity contribution in [3.8, 4) is 5.75 Å². The summed E-state index contributed by atoms with van der Waals surface area (Å²) in [6.45, 7) is 5.22. The van der Waals surface area contributed by atoms with E-state index >= 15 is 0 Å². The van der Waals surface area contributed by atoms with E-state index in [1.165, 1.54) is 11.8 Å². The van der Waals surface area contributed by atoms with Gasteiger partial charge in [-0.2, -0.15) is 0 Å². The fourth-order valence-electron chi connectivity index (χ4n) is 3.45. The molecular formula is C21H25ClN2O3S. The van der Waals surface area contributed by atoms with E-state index in [2.05, 4.69) is 11.4 Å². The van der Waals surface area contributed by atoms with Crippen LogP contribution in [0.5, 0.6) is 5.75 Å². The van der Waals surface area contributed by atoms with E-state index in [4.69, 9.17) is 16.3 Å². The van der Waals surface area contributed by atoms with Crippen molar-refractivity contribution in [2.45, 2.75) is 32.7 Å². The van der Waals surface area contributed by atoms with E-state index in [0.717, 1.165) is 24.2 Å². The Morgan fingerprint density at radius 3 is 2.71 bits per heavy atom. The summed E-state index contributed by atoms with van der Waals surface area (Å²) in [5.74, 6) is 0.609. The van der Waals surface area contributed by atoms with Crippen molar-refractivity contribution in [3.63, 3.8) is 0 Å². The zero-order chi connectivity index (χ0) is 20.1. The van der Waals surface area contributed by atoms with Crippen LogP contribution >= 0.6 is 22.9 Å². The van der Waals surface area contributed by atoms with Gasteiger partial charge >= 0.3 is 0 Å². The van der Waals surface area contributed by atoms with Crippen LogP contribution in [0.3, 0.4) is 0 Å². The van der Waals surface area contributed by atoms with Crippen LogP contribution in [0.2, 0.25) is 5.02 Å². The fourth-order valence-corrected chi connectivity index (χ4v) is 4.51. The van der Waals surface area contributed by atoms with Gasteiger partial charge in [-0.25, -0.2) is 0 Å². The largest absolute Gasteiger partial charge is 0.491 e. The number of hydrogen-bond acceptors (Lipinski definition) is 4. The van der Waals surface area contributed by atoms with Crippen LogP contribution in [0, 0.1) is 0 Å². The highest BCUT2D eigenvalue weighted by atomic mass is 35.5. The molecule has 2 heterocycles. The monoisotopic (exact) mass is 420 g/mol. The summed E-state index contributed by atoms with van der Waals surface area (Å²) in [6, 6.07) is 9.13. The second-order valence-corrected chi connectivity index (χ2v) is 8.29. The zero-order valence-corrected chi connectivity index (χ0v) is 17.8. The third kappa shape index (κ3) is 4.86. The molecular weight excluding hydrogens is 396 g/mol. The lowest BCUT2D eigenvalue weighted by atomic mass is 10.0. The molecule has 3 rings (SSSR count). The van der Waals surface area contributed by atoms with Crippen LogP contribution in [0.25, 0.3) is 0 Å². The topological polar surface area (TPSA) is 49.9 Å². The quantitative estimate of drug-likeness (QED) is 0.675. The minimum atomic E-state index is -0.159. The van der Waals surface area contributed by atoms with Crippen molar-refractivity contribution in [1.82, 2.24) is 9.80 Å². The fraction of sp³-hybridized carbons (Fsp3) is 0.429. The van der Waals surface area contributed by atoms with Gasteiger partial charge in [0.05, 0.1) is 12.6 Å². The Morgan fingerprint density at radius 1 is 1.29 bits per heavy atom. The van der Waals surface area contributed by atoms with Crippen molar-refractivity contribution in [2.24, 2.45) is 0 Å². The Bertz CT molecular complexity index is 821. The van der Waals surface area contributed by atoms with Gasteiger partial charge in [0.1, 0.15) is 12.4 Å². The van der Waals surface area contributed by atoms with E-state index in [-0.39, 0.29) is 24.4 Å². The summed E-state index contributed by atoms with van der Waals surface area (Å²) in [5.41, 5.74) is 1.14. The van der Waals surface area contributed by atoms with E-state index in [1.807, 2.05) is 24.0 Å². The van der Waals surface area contributed by atoms with Gasteiger partial charge in [-0.05, 0) is 54.1 Å². The van der Waals surface area contributed by atoms with Gasteiger partial charge in [0.2, 0.25) is 11.8 Å². The minimum absolute atomic E-state index is 0.0368. The molecule has 2 aromatic rings. The first kappa shape index (κ1) is 20.7. The van der Waals surface area contributed by atoms with E-state index in [0.29, 0.717) is 24.7 Å². The summed E-state index contributed by atoms with van der Waals surface area (Å²) in [5, 5.41) is 2.72. The van der Waals surface area contributed by atoms with Crippen molar-refractivity contribution in [2.75, 3.05) is 26.2 Å². The molecule has 1 aromatic carbocycles. The van der Waals surface area contributed by atoms with Gasteiger partial charge in [-0.1, -0.05) is 18.5 Å². The number of halogens is 1.